The SMILES string of the molecule is COc1ccc(NC2CCCN(Cc3c(F)ccc(F)c3F)C2)cc1. The lowest BCUT2D eigenvalue weighted by atomic mass is 10.0. The molecule has 0 bridgehead atoms. The summed E-state index contributed by atoms with van der Waals surface area (Å²) in [5.74, 6) is -2.02. The molecule has 0 amide bonds. The highest BCUT2D eigenvalue weighted by molar-refractivity contribution is 5.47. The van der Waals surface area contributed by atoms with E-state index in [0.717, 1.165) is 43.0 Å². The number of rotatable bonds is 5. The van der Waals surface area contributed by atoms with E-state index in [1.54, 1.807) is 7.11 Å². The summed E-state index contributed by atoms with van der Waals surface area (Å²) >= 11 is 0. The fraction of sp³-hybridized carbons (Fsp3) is 0.368. The van der Waals surface area contributed by atoms with Crippen molar-refractivity contribution in [2.24, 2.45) is 0 Å². The van der Waals surface area contributed by atoms with Crippen LogP contribution in [0, 0.1) is 17.5 Å². The van der Waals surface area contributed by atoms with Crippen LogP contribution in [0.2, 0.25) is 0 Å². The minimum Gasteiger partial charge on any atom is -0.497 e. The lowest BCUT2D eigenvalue weighted by molar-refractivity contribution is 0.202. The molecule has 1 aliphatic heterocycles. The Bertz CT molecular complexity index is 721. The van der Waals surface area contributed by atoms with Crippen LogP contribution in [0.15, 0.2) is 36.4 Å². The van der Waals surface area contributed by atoms with Gasteiger partial charge in [-0.25, -0.2) is 13.2 Å². The summed E-state index contributed by atoms with van der Waals surface area (Å²) in [7, 11) is 1.62. The van der Waals surface area contributed by atoms with Crippen molar-refractivity contribution in [3.8, 4) is 5.75 Å². The number of anilines is 1. The zero-order valence-electron chi connectivity index (χ0n) is 14.1. The Kier molecular flexibility index (Phi) is 5.48. The fourth-order valence-corrected chi connectivity index (χ4v) is 3.18. The Morgan fingerprint density at radius 3 is 2.52 bits per heavy atom. The first kappa shape index (κ1) is 17.6. The standard InChI is InChI=1S/C19H21F3N2O/c1-25-15-6-4-13(5-7-15)23-14-3-2-10-24(11-14)12-16-17(20)8-9-18(21)19(16)22/h4-9,14,23H,2-3,10-12H2,1H3. The molecular weight excluding hydrogens is 329 g/mol. The molecule has 1 heterocycles. The number of methoxy groups -OCH3 is 1. The highest BCUT2D eigenvalue weighted by Crippen LogP contribution is 2.22. The zero-order chi connectivity index (χ0) is 17.8. The Morgan fingerprint density at radius 1 is 1.08 bits per heavy atom. The quantitative estimate of drug-likeness (QED) is 0.819. The summed E-state index contributed by atoms with van der Waals surface area (Å²) < 4.78 is 46.2. The van der Waals surface area contributed by atoms with Gasteiger partial charge >= 0.3 is 0 Å². The van der Waals surface area contributed by atoms with Gasteiger partial charge in [0.25, 0.3) is 0 Å². The molecule has 1 unspecified atom stereocenters. The van der Waals surface area contributed by atoms with Crippen molar-refractivity contribution in [2.75, 3.05) is 25.5 Å². The van der Waals surface area contributed by atoms with E-state index < -0.39 is 17.5 Å². The smallest absolute Gasteiger partial charge is 0.166 e. The van der Waals surface area contributed by atoms with Gasteiger partial charge in [-0.1, -0.05) is 0 Å². The minimum absolute atomic E-state index is 0.0657. The highest BCUT2D eigenvalue weighted by atomic mass is 19.2. The third-order valence-electron chi connectivity index (χ3n) is 4.49. The van der Waals surface area contributed by atoms with Gasteiger partial charge < -0.3 is 10.1 Å². The second-order valence-electron chi connectivity index (χ2n) is 6.27. The normalized spacial score (nSPS) is 18.2. The second-order valence-corrected chi connectivity index (χ2v) is 6.27. The van der Waals surface area contributed by atoms with Crippen molar-refractivity contribution < 1.29 is 17.9 Å². The van der Waals surface area contributed by atoms with E-state index in [-0.39, 0.29) is 18.2 Å². The predicted octanol–water partition coefficient (Wildman–Crippen LogP) is 4.19. The summed E-state index contributed by atoms with van der Waals surface area (Å²) in [4.78, 5) is 1.95. The van der Waals surface area contributed by atoms with E-state index in [4.69, 9.17) is 4.74 Å². The Morgan fingerprint density at radius 2 is 1.80 bits per heavy atom. The lowest BCUT2D eigenvalue weighted by Crippen LogP contribution is -2.41. The molecule has 1 aliphatic rings. The molecule has 0 radical (unpaired) electrons. The number of benzene rings is 2. The van der Waals surface area contributed by atoms with Crippen LogP contribution < -0.4 is 10.1 Å². The number of nitrogens with one attached hydrogen (secondary N) is 1. The molecule has 3 rings (SSSR count). The van der Waals surface area contributed by atoms with E-state index in [1.165, 1.54) is 0 Å². The summed E-state index contributed by atoms with van der Waals surface area (Å²) in [5, 5.41) is 3.43. The summed E-state index contributed by atoms with van der Waals surface area (Å²) in [6.45, 7) is 1.44. The van der Waals surface area contributed by atoms with Crippen molar-refractivity contribution in [2.45, 2.75) is 25.4 Å². The summed E-state index contributed by atoms with van der Waals surface area (Å²) in [6.07, 6.45) is 1.88. The number of piperidine rings is 1. The van der Waals surface area contributed by atoms with Crippen LogP contribution in [0.1, 0.15) is 18.4 Å². The maximum absolute atomic E-state index is 13.9. The second kappa shape index (κ2) is 7.78. The summed E-state index contributed by atoms with van der Waals surface area (Å²) in [6, 6.07) is 9.58. The number of hydrogen-bond donors (Lipinski definition) is 1. The van der Waals surface area contributed by atoms with Crippen molar-refractivity contribution in [3.63, 3.8) is 0 Å². The van der Waals surface area contributed by atoms with Gasteiger partial charge in [0.1, 0.15) is 11.6 Å². The molecule has 0 aliphatic carbocycles. The van der Waals surface area contributed by atoms with Gasteiger partial charge in [-0.2, -0.15) is 0 Å². The Balaban J connectivity index is 1.64. The first-order valence-electron chi connectivity index (χ1n) is 8.32. The molecule has 2 aromatic rings. The van der Waals surface area contributed by atoms with Gasteiger partial charge in [0, 0.05) is 30.4 Å². The Hall–Kier alpha value is -2.21. The van der Waals surface area contributed by atoms with Crippen molar-refractivity contribution in [1.82, 2.24) is 4.90 Å². The van der Waals surface area contributed by atoms with Gasteiger partial charge in [-0.3, -0.25) is 4.90 Å². The van der Waals surface area contributed by atoms with Gasteiger partial charge in [0.15, 0.2) is 11.6 Å². The third-order valence-corrected chi connectivity index (χ3v) is 4.49. The minimum atomic E-state index is -1.09. The Labute approximate surface area is 145 Å². The third kappa shape index (κ3) is 4.25. The van der Waals surface area contributed by atoms with Gasteiger partial charge in [0.2, 0.25) is 0 Å². The molecule has 0 spiro atoms. The van der Waals surface area contributed by atoms with E-state index in [0.29, 0.717) is 6.54 Å². The zero-order valence-corrected chi connectivity index (χ0v) is 14.1. The topological polar surface area (TPSA) is 24.5 Å². The highest BCUT2D eigenvalue weighted by Gasteiger charge is 2.23. The molecule has 1 atom stereocenters. The van der Waals surface area contributed by atoms with E-state index >= 15 is 0 Å². The van der Waals surface area contributed by atoms with Crippen LogP contribution in [0.4, 0.5) is 18.9 Å². The van der Waals surface area contributed by atoms with Crippen LogP contribution in [0.25, 0.3) is 0 Å². The maximum atomic E-state index is 13.9. The molecule has 3 nitrogen and oxygen atoms in total. The van der Waals surface area contributed by atoms with E-state index in [9.17, 15) is 13.2 Å². The molecule has 1 fully saturated rings. The first-order valence-corrected chi connectivity index (χ1v) is 8.32. The molecule has 2 aromatic carbocycles. The van der Waals surface area contributed by atoms with Crippen molar-refractivity contribution >= 4 is 5.69 Å². The molecule has 6 heteroatoms. The fourth-order valence-electron chi connectivity index (χ4n) is 3.18. The van der Waals surface area contributed by atoms with Crippen molar-refractivity contribution in [3.05, 3.63) is 59.4 Å². The number of hydrogen-bond acceptors (Lipinski definition) is 3. The molecule has 25 heavy (non-hydrogen) atoms. The van der Waals surface area contributed by atoms with Crippen LogP contribution >= 0.6 is 0 Å². The maximum Gasteiger partial charge on any atom is 0.166 e. The average Bonchev–Trinajstić information content (AvgIpc) is 2.63. The van der Waals surface area contributed by atoms with E-state index in [1.807, 2.05) is 29.2 Å². The molecular formula is C19H21F3N2O. The average molecular weight is 350 g/mol. The molecule has 134 valence electrons. The monoisotopic (exact) mass is 350 g/mol. The van der Waals surface area contributed by atoms with Gasteiger partial charge in [-0.05, 0) is 55.8 Å². The molecule has 0 saturated carbocycles. The van der Waals surface area contributed by atoms with Gasteiger partial charge in [0.05, 0.1) is 7.11 Å². The van der Waals surface area contributed by atoms with E-state index in [2.05, 4.69) is 5.32 Å². The molecule has 0 aromatic heterocycles. The lowest BCUT2D eigenvalue weighted by Gasteiger charge is -2.33. The van der Waals surface area contributed by atoms with Crippen LogP contribution in [-0.2, 0) is 6.54 Å². The predicted molar refractivity (Wildman–Crippen MR) is 91.2 cm³/mol. The van der Waals surface area contributed by atoms with Crippen molar-refractivity contribution in [1.29, 1.82) is 0 Å². The molecule has 1 saturated heterocycles. The van der Waals surface area contributed by atoms with Crippen LogP contribution in [0.5, 0.6) is 5.75 Å². The first-order chi connectivity index (χ1) is 12.1. The number of ether oxygens (including phenoxy) is 1. The summed E-state index contributed by atoms with van der Waals surface area (Å²) in [5.41, 5.74) is 0.765. The van der Waals surface area contributed by atoms with Crippen LogP contribution in [0.3, 0.4) is 0 Å². The molecule has 1 N–H and O–H groups in total. The van der Waals surface area contributed by atoms with Gasteiger partial charge in [-0.15, -0.1) is 0 Å². The largest absolute Gasteiger partial charge is 0.497 e. The number of likely N-dealkylation sites (tertiary alicyclic amines) is 1. The number of halogens is 3. The number of nitrogens with zero attached hydrogens (tertiary/aromatic N) is 1. The van der Waals surface area contributed by atoms with Crippen LogP contribution in [-0.4, -0.2) is 31.1 Å².